The topological polar surface area (TPSA) is 97.1 Å². The number of fused-ring (bicyclic) bond motifs is 1. The Labute approximate surface area is 171 Å². The number of hydrogen-bond acceptors (Lipinski definition) is 7. The van der Waals surface area contributed by atoms with Crippen molar-refractivity contribution in [3.05, 3.63) is 82.1 Å². The first-order chi connectivity index (χ1) is 14.0. The zero-order chi connectivity index (χ0) is 20.6. The molecule has 3 atom stereocenters. The Bertz CT molecular complexity index is 1010. The molecule has 0 saturated carbocycles. The molecular weight excluding hydrogens is 398 g/mol. The molecule has 2 aliphatic rings. The largest absolute Gasteiger partial charge is 0.497 e. The zero-order valence-corrected chi connectivity index (χ0v) is 16.2. The molecule has 29 heavy (non-hydrogen) atoms. The van der Waals surface area contributed by atoms with Gasteiger partial charge < -0.3 is 15.2 Å². The fraction of sp³-hybridized carbons (Fsp3) is 0.238. The minimum absolute atomic E-state index is 0.206. The minimum Gasteiger partial charge on any atom is -0.497 e. The summed E-state index contributed by atoms with van der Waals surface area (Å²) in [7, 11) is 1.41. The Balaban J connectivity index is 2.04. The van der Waals surface area contributed by atoms with Gasteiger partial charge in [-0.3, -0.25) is 4.89 Å². The second kappa shape index (κ2) is 7.51. The molecule has 0 spiro atoms. The Morgan fingerprint density at radius 3 is 2.52 bits per heavy atom. The predicted octanol–water partition coefficient (Wildman–Crippen LogP) is 2.40. The summed E-state index contributed by atoms with van der Waals surface area (Å²) in [5.74, 6) is -1.14. The fourth-order valence-electron chi connectivity index (χ4n) is 3.72. The van der Waals surface area contributed by atoms with Crippen LogP contribution in [0.5, 0.6) is 0 Å². The standard InChI is InChI=1S/C21H18ClNO6/c1-26-17-11-18(24)27-19(17)21(14-8-4-5-9-15(14)22)13-7-3-2-6-12(13)10-16(23)20(25)28-29-21/h2-9,11,16,19H,10,23H2,1H3. The molecule has 2 aromatic carbocycles. The number of ether oxygens (including phenoxy) is 2. The van der Waals surface area contributed by atoms with E-state index in [0.717, 1.165) is 5.56 Å². The highest BCUT2D eigenvalue weighted by atomic mass is 35.5. The number of hydrogen-bond donors (Lipinski definition) is 1. The van der Waals surface area contributed by atoms with Gasteiger partial charge >= 0.3 is 11.9 Å². The van der Waals surface area contributed by atoms with Crippen molar-refractivity contribution in [1.82, 2.24) is 0 Å². The lowest BCUT2D eigenvalue weighted by Crippen LogP contribution is -2.49. The maximum Gasteiger partial charge on any atom is 0.359 e. The molecule has 2 N–H and O–H groups in total. The van der Waals surface area contributed by atoms with Crippen LogP contribution in [0.1, 0.15) is 16.7 Å². The molecule has 8 heteroatoms. The van der Waals surface area contributed by atoms with Crippen LogP contribution in [0.3, 0.4) is 0 Å². The molecule has 2 heterocycles. The normalized spacial score (nSPS) is 26.5. The van der Waals surface area contributed by atoms with Gasteiger partial charge in [0.1, 0.15) is 11.8 Å². The van der Waals surface area contributed by atoms with E-state index in [-0.39, 0.29) is 12.2 Å². The minimum atomic E-state index is -1.60. The van der Waals surface area contributed by atoms with Crippen LogP contribution in [0.25, 0.3) is 0 Å². The maximum absolute atomic E-state index is 12.4. The van der Waals surface area contributed by atoms with Gasteiger partial charge in [0.05, 0.1) is 13.2 Å². The average Bonchev–Trinajstić information content (AvgIpc) is 3.10. The Morgan fingerprint density at radius 1 is 1.10 bits per heavy atom. The number of benzene rings is 2. The summed E-state index contributed by atoms with van der Waals surface area (Å²) in [6, 6.07) is 13.2. The lowest BCUT2D eigenvalue weighted by Gasteiger charge is -2.40. The Kier molecular flexibility index (Phi) is 5.04. The summed E-state index contributed by atoms with van der Waals surface area (Å²) in [6.45, 7) is 0. The second-order valence-electron chi connectivity index (χ2n) is 6.74. The van der Waals surface area contributed by atoms with Crippen LogP contribution in [0, 0.1) is 0 Å². The molecular formula is C21H18ClNO6. The van der Waals surface area contributed by atoms with E-state index in [0.29, 0.717) is 16.1 Å². The smallest absolute Gasteiger partial charge is 0.359 e. The third kappa shape index (κ3) is 3.17. The summed E-state index contributed by atoms with van der Waals surface area (Å²) in [4.78, 5) is 35.4. The molecule has 4 rings (SSSR count). The SMILES string of the molecule is COC1=CC(=O)OC1C1(c2ccccc2Cl)OOC(=O)C(N)Cc2ccccc21. The monoisotopic (exact) mass is 415 g/mol. The van der Waals surface area contributed by atoms with Crippen LogP contribution in [-0.2, 0) is 40.9 Å². The van der Waals surface area contributed by atoms with E-state index in [2.05, 4.69) is 0 Å². The van der Waals surface area contributed by atoms with E-state index in [1.54, 1.807) is 36.4 Å². The Hall–Kier alpha value is -2.87. The van der Waals surface area contributed by atoms with Crippen molar-refractivity contribution in [3.8, 4) is 0 Å². The molecule has 3 unspecified atom stereocenters. The van der Waals surface area contributed by atoms with E-state index in [4.69, 9.17) is 36.6 Å². The van der Waals surface area contributed by atoms with Crippen molar-refractivity contribution in [1.29, 1.82) is 0 Å². The third-order valence-corrected chi connectivity index (χ3v) is 5.38. The van der Waals surface area contributed by atoms with Gasteiger partial charge in [0.15, 0.2) is 0 Å². The van der Waals surface area contributed by atoms with Crippen molar-refractivity contribution in [2.24, 2.45) is 5.73 Å². The molecule has 0 amide bonds. The number of rotatable bonds is 3. The van der Waals surface area contributed by atoms with E-state index in [1.807, 2.05) is 12.1 Å². The predicted molar refractivity (Wildman–Crippen MR) is 103 cm³/mol. The van der Waals surface area contributed by atoms with Crippen LogP contribution in [0.15, 0.2) is 60.4 Å². The van der Waals surface area contributed by atoms with E-state index < -0.39 is 29.7 Å². The van der Waals surface area contributed by atoms with Gasteiger partial charge in [-0.05, 0) is 18.1 Å². The summed E-state index contributed by atoms with van der Waals surface area (Å²) in [5.41, 5.74) is 6.12. The molecule has 150 valence electrons. The van der Waals surface area contributed by atoms with E-state index >= 15 is 0 Å². The van der Waals surface area contributed by atoms with Gasteiger partial charge in [-0.15, -0.1) is 0 Å². The zero-order valence-electron chi connectivity index (χ0n) is 15.5. The summed E-state index contributed by atoms with van der Waals surface area (Å²) < 4.78 is 11.0. The van der Waals surface area contributed by atoms with Crippen LogP contribution in [-0.4, -0.2) is 31.2 Å². The van der Waals surface area contributed by atoms with E-state index in [1.165, 1.54) is 13.2 Å². The van der Waals surface area contributed by atoms with Crippen molar-refractivity contribution < 1.29 is 28.8 Å². The molecule has 0 aromatic heterocycles. The van der Waals surface area contributed by atoms with Gasteiger partial charge in [-0.2, -0.15) is 4.89 Å². The van der Waals surface area contributed by atoms with Crippen molar-refractivity contribution in [2.45, 2.75) is 24.2 Å². The summed E-state index contributed by atoms with van der Waals surface area (Å²) >= 11 is 6.53. The van der Waals surface area contributed by atoms with Crippen molar-refractivity contribution in [2.75, 3.05) is 7.11 Å². The van der Waals surface area contributed by atoms with Gasteiger partial charge in [-0.1, -0.05) is 54.1 Å². The quantitative estimate of drug-likeness (QED) is 0.607. The van der Waals surface area contributed by atoms with Gasteiger partial charge in [0, 0.05) is 16.1 Å². The highest BCUT2D eigenvalue weighted by molar-refractivity contribution is 6.31. The number of carbonyl (C=O) groups excluding carboxylic acids is 2. The highest BCUT2D eigenvalue weighted by Gasteiger charge is 2.56. The first kappa shape index (κ1) is 19.4. The van der Waals surface area contributed by atoms with Gasteiger partial charge in [0.25, 0.3) is 0 Å². The maximum atomic E-state index is 12.4. The van der Waals surface area contributed by atoms with Gasteiger partial charge in [-0.25, -0.2) is 9.59 Å². The van der Waals surface area contributed by atoms with Crippen LogP contribution in [0.2, 0.25) is 5.02 Å². The number of methoxy groups -OCH3 is 1. The third-order valence-electron chi connectivity index (χ3n) is 5.05. The molecule has 0 bridgehead atoms. The van der Waals surface area contributed by atoms with Crippen molar-refractivity contribution >= 4 is 23.5 Å². The van der Waals surface area contributed by atoms with Crippen LogP contribution >= 0.6 is 11.6 Å². The molecule has 7 nitrogen and oxygen atoms in total. The first-order valence-electron chi connectivity index (χ1n) is 8.92. The number of halogens is 1. The lowest BCUT2D eigenvalue weighted by atomic mass is 9.77. The summed E-state index contributed by atoms with van der Waals surface area (Å²) in [5, 5.41) is 0.335. The number of nitrogens with two attached hydrogens (primary N) is 1. The molecule has 0 fully saturated rings. The van der Waals surface area contributed by atoms with Gasteiger partial charge in [0.2, 0.25) is 11.7 Å². The molecule has 2 aliphatic heterocycles. The first-order valence-corrected chi connectivity index (χ1v) is 9.30. The number of esters is 1. The van der Waals surface area contributed by atoms with Crippen LogP contribution in [0.4, 0.5) is 0 Å². The molecule has 0 saturated heterocycles. The Morgan fingerprint density at radius 2 is 1.79 bits per heavy atom. The van der Waals surface area contributed by atoms with E-state index in [9.17, 15) is 9.59 Å². The fourth-order valence-corrected chi connectivity index (χ4v) is 4.00. The summed E-state index contributed by atoms with van der Waals surface area (Å²) in [6.07, 6.45) is 0.349. The number of cyclic esters (lactones) is 1. The molecule has 0 aliphatic carbocycles. The average molecular weight is 416 g/mol. The highest BCUT2D eigenvalue weighted by Crippen LogP contribution is 2.47. The molecule has 0 radical (unpaired) electrons. The number of carbonyl (C=O) groups is 2. The lowest BCUT2D eigenvalue weighted by molar-refractivity contribution is -0.344. The van der Waals surface area contributed by atoms with Crippen molar-refractivity contribution in [3.63, 3.8) is 0 Å². The molecule has 2 aromatic rings. The second-order valence-corrected chi connectivity index (χ2v) is 7.14. The van der Waals surface area contributed by atoms with Crippen LogP contribution < -0.4 is 5.73 Å².